The minimum absolute atomic E-state index is 0.303. The van der Waals surface area contributed by atoms with Gasteiger partial charge in [-0.25, -0.2) is 0 Å². The molecule has 1 aromatic carbocycles. The second-order valence-corrected chi connectivity index (χ2v) is 9.03. The quantitative estimate of drug-likeness (QED) is 0.782. The van der Waals surface area contributed by atoms with Gasteiger partial charge in [0.2, 0.25) is 5.91 Å². The number of benzene rings is 1. The van der Waals surface area contributed by atoms with Crippen molar-refractivity contribution in [2.24, 2.45) is 11.8 Å². The van der Waals surface area contributed by atoms with Crippen molar-refractivity contribution in [3.05, 3.63) is 29.5 Å². The van der Waals surface area contributed by atoms with Gasteiger partial charge >= 0.3 is 0 Å². The Bertz CT molecular complexity index is 884. The fourth-order valence-corrected chi connectivity index (χ4v) is 5.98. The summed E-state index contributed by atoms with van der Waals surface area (Å²) < 4.78 is 7.79. The number of aromatic nitrogens is 1. The summed E-state index contributed by atoms with van der Waals surface area (Å²) in [6.07, 6.45) is 11.3. The third kappa shape index (κ3) is 3.11. The normalized spacial score (nSPS) is 24.7. The number of carbonyl (C=O) groups excluding carboxylic acids is 1. The summed E-state index contributed by atoms with van der Waals surface area (Å²) in [5.41, 5.74) is 4.02. The lowest BCUT2D eigenvalue weighted by Crippen LogP contribution is -2.46. The van der Waals surface area contributed by atoms with E-state index in [2.05, 4.69) is 27.7 Å². The molecule has 1 saturated carbocycles. The van der Waals surface area contributed by atoms with Crippen molar-refractivity contribution < 1.29 is 9.53 Å². The number of amides is 1. The van der Waals surface area contributed by atoms with Gasteiger partial charge in [-0.3, -0.25) is 4.79 Å². The molecule has 0 unspecified atom stereocenters. The molecule has 1 amide bonds. The third-order valence-corrected chi connectivity index (χ3v) is 7.52. The van der Waals surface area contributed by atoms with E-state index in [4.69, 9.17) is 4.74 Å². The van der Waals surface area contributed by atoms with Crippen molar-refractivity contribution in [1.29, 1.82) is 0 Å². The maximum Gasteiger partial charge on any atom is 0.242 e. The van der Waals surface area contributed by atoms with Crippen LogP contribution >= 0.6 is 0 Å². The highest BCUT2D eigenvalue weighted by molar-refractivity contribution is 5.89. The van der Waals surface area contributed by atoms with Gasteiger partial charge in [0.1, 0.15) is 12.3 Å². The smallest absolute Gasteiger partial charge is 0.242 e. The van der Waals surface area contributed by atoms with Crippen LogP contribution in [0.1, 0.15) is 56.2 Å². The number of likely N-dealkylation sites (tertiary alicyclic amines) is 1. The maximum atomic E-state index is 13.3. The Morgan fingerprint density at radius 2 is 1.89 bits per heavy atom. The number of hydrogen-bond donors (Lipinski definition) is 0. The van der Waals surface area contributed by atoms with Crippen LogP contribution in [0.5, 0.6) is 5.75 Å². The predicted octanol–water partition coefficient (Wildman–Crippen LogP) is 4.57. The van der Waals surface area contributed by atoms with Crippen LogP contribution in [0.25, 0.3) is 10.9 Å². The van der Waals surface area contributed by atoms with E-state index in [0.717, 1.165) is 43.5 Å². The molecule has 2 fully saturated rings. The molecular formula is C24H32N2O2. The number of hydrogen-bond acceptors (Lipinski definition) is 2. The van der Waals surface area contributed by atoms with Crippen molar-refractivity contribution in [2.45, 2.75) is 64.3 Å². The average molecular weight is 381 g/mol. The minimum atomic E-state index is 0.303. The number of rotatable bonds is 3. The van der Waals surface area contributed by atoms with Crippen LogP contribution in [0.3, 0.4) is 0 Å². The molecule has 0 spiro atoms. The van der Waals surface area contributed by atoms with Gasteiger partial charge in [0.15, 0.2) is 0 Å². The second-order valence-electron chi connectivity index (χ2n) is 9.03. The Kier molecular flexibility index (Phi) is 4.82. The molecule has 5 rings (SSSR count). The Morgan fingerprint density at radius 3 is 2.75 bits per heavy atom. The van der Waals surface area contributed by atoms with Crippen LogP contribution in [-0.2, 0) is 24.2 Å². The van der Waals surface area contributed by atoms with Gasteiger partial charge in [0.05, 0.1) is 12.6 Å². The fourth-order valence-electron chi connectivity index (χ4n) is 5.98. The van der Waals surface area contributed by atoms with Gasteiger partial charge < -0.3 is 14.2 Å². The molecule has 28 heavy (non-hydrogen) atoms. The lowest BCUT2D eigenvalue weighted by atomic mass is 9.75. The summed E-state index contributed by atoms with van der Waals surface area (Å²) in [4.78, 5) is 15.5. The van der Waals surface area contributed by atoms with Crippen LogP contribution in [0, 0.1) is 11.8 Å². The largest absolute Gasteiger partial charge is 0.497 e. The van der Waals surface area contributed by atoms with E-state index in [-0.39, 0.29) is 0 Å². The first-order valence-corrected chi connectivity index (χ1v) is 11.2. The summed E-state index contributed by atoms with van der Waals surface area (Å²) in [6.45, 7) is 2.41. The molecule has 150 valence electrons. The minimum Gasteiger partial charge on any atom is -0.497 e. The summed E-state index contributed by atoms with van der Waals surface area (Å²) in [5.74, 6) is 2.78. The zero-order valence-corrected chi connectivity index (χ0v) is 17.1. The van der Waals surface area contributed by atoms with Gasteiger partial charge in [-0.1, -0.05) is 19.3 Å². The Labute approximate surface area is 167 Å². The first kappa shape index (κ1) is 18.1. The first-order chi connectivity index (χ1) is 13.7. The van der Waals surface area contributed by atoms with E-state index in [1.807, 2.05) is 0 Å². The molecule has 1 aromatic heterocycles. The lowest BCUT2D eigenvalue weighted by Gasteiger charge is -2.41. The number of carbonyl (C=O) groups is 1. The topological polar surface area (TPSA) is 34.5 Å². The number of fused-ring (bicyclic) bond motifs is 4. The average Bonchev–Trinajstić information content (AvgIpc) is 3.06. The van der Waals surface area contributed by atoms with E-state index in [1.165, 1.54) is 67.1 Å². The molecule has 4 heteroatoms. The number of aryl methyl sites for hydroxylation is 1. The summed E-state index contributed by atoms with van der Waals surface area (Å²) in [5, 5.41) is 1.31. The van der Waals surface area contributed by atoms with Crippen molar-refractivity contribution in [3.63, 3.8) is 0 Å². The molecule has 2 aliphatic carbocycles. The second kappa shape index (κ2) is 7.46. The van der Waals surface area contributed by atoms with Crippen LogP contribution in [0.2, 0.25) is 0 Å². The maximum absolute atomic E-state index is 13.3. The van der Waals surface area contributed by atoms with Crippen LogP contribution < -0.4 is 4.74 Å². The molecule has 0 bridgehead atoms. The predicted molar refractivity (Wildman–Crippen MR) is 112 cm³/mol. The van der Waals surface area contributed by atoms with Crippen molar-refractivity contribution in [1.82, 2.24) is 9.47 Å². The Morgan fingerprint density at radius 1 is 1.07 bits per heavy atom. The Balaban J connectivity index is 1.43. The molecule has 1 aliphatic heterocycles. The first-order valence-electron chi connectivity index (χ1n) is 11.2. The SMILES string of the molecule is COc1ccc2c3c(n(CC(=O)N4CC[C@@H]5CCCC[C@@H]5C4)c2c1)CCCC3. The molecular weight excluding hydrogens is 348 g/mol. The van der Waals surface area contributed by atoms with E-state index in [0.29, 0.717) is 12.5 Å². The zero-order valence-electron chi connectivity index (χ0n) is 17.1. The molecule has 0 N–H and O–H groups in total. The van der Waals surface area contributed by atoms with Crippen molar-refractivity contribution >= 4 is 16.8 Å². The van der Waals surface area contributed by atoms with Gasteiger partial charge in [-0.2, -0.15) is 0 Å². The van der Waals surface area contributed by atoms with Gasteiger partial charge in [0.25, 0.3) is 0 Å². The van der Waals surface area contributed by atoms with Crippen molar-refractivity contribution in [2.75, 3.05) is 20.2 Å². The van der Waals surface area contributed by atoms with E-state index in [9.17, 15) is 4.79 Å². The molecule has 3 aliphatic rings. The van der Waals surface area contributed by atoms with Crippen LogP contribution in [0.15, 0.2) is 18.2 Å². The van der Waals surface area contributed by atoms with Gasteiger partial charge in [-0.05, 0) is 68.1 Å². The number of piperidine rings is 1. The van der Waals surface area contributed by atoms with E-state index < -0.39 is 0 Å². The zero-order chi connectivity index (χ0) is 19.1. The molecule has 1 saturated heterocycles. The molecule has 2 aromatic rings. The van der Waals surface area contributed by atoms with Crippen LogP contribution in [0.4, 0.5) is 0 Å². The van der Waals surface area contributed by atoms with Gasteiger partial charge in [0, 0.05) is 30.2 Å². The summed E-state index contributed by atoms with van der Waals surface area (Å²) >= 11 is 0. The van der Waals surface area contributed by atoms with E-state index in [1.54, 1.807) is 7.11 Å². The number of methoxy groups -OCH3 is 1. The lowest BCUT2D eigenvalue weighted by molar-refractivity contribution is -0.134. The molecule has 4 nitrogen and oxygen atoms in total. The molecule has 2 atom stereocenters. The highest BCUT2D eigenvalue weighted by atomic mass is 16.5. The van der Waals surface area contributed by atoms with Crippen LogP contribution in [-0.4, -0.2) is 35.6 Å². The molecule has 2 heterocycles. The molecule has 0 radical (unpaired) electrons. The highest BCUT2D eigenvalue weighted by Gasteiger charge is 2.33. The number of nitrogens with zero attached hydrogens (tertiary/aromatic N) is 2. The summed E-state index contributed by atoms with van der Waals surface area (Å²) in [7, 11) is 1.72. The Hall–Kier alpha value is -1.97. The number of ether oxygens (including phenoxy) is 1. The standard InChI is InChI=1S/C24H32N2O2/c1-28-19-10-11-21-20-8-4-5-9-22(20)26(23(21)14-19)16-24(27)25-13-12-17-6-2-3-7-18(17)15-25/h10-11,14,17-18H,2-9,12-13,15-16H2,1H3/t17-,18+/m0/s1. The van der Waals surface area contributed by atoms with E-state index >= 15 is 0 Å². The monoisotopic (exact) mass is 380 g/mol. The highest BCUT2D eigenvalue weighted by Crippen LogP contribution is 2.37. The van der Waals surface area contributed by atoms with Crippen molar-refractivity contribution in [3.8, 4) is 5.75 Å². The summed E-state index contributed by atoms with van der Waals surface area (Å²) in [6, 6.07) is 6.36. The fraction of sp³-hybridized carbons (Fsp3) is 0.625. The van der Waals surface area contributed by atoms with Gasteiger partial charge in [-0.15, -0.1) is 0 Å². The third-order valence-electron chi connectivity index (χ3n) is 7.52.